The van der Waals surface area contributed by atoms with Crippen LogP contribution in [0, 0.1) is 6.92 Å². The van der Waals surface area contributed by atoms with Crippen molar-refractivity contribution < 1.29 is 24.1 Å². The van der Waals surface area contributed by atoms with Crippen molar-refractivity contribution in [2.75, 3.05) is 45.4 Å². The van der Waals surface area contributed by atoms with E-state index in [1.54, 1.807) is 13.2 Å². The van der Waals surface area contributed by atoms with Crippen LogP contribution < -0.4 is 20.1 Å². The number of nitrogens with one attached hydrogen (secondary N) is 2. The Labute approximate surface area is 165 Å². The summed E-state index contributed by atoms with van der Waals surface area (Å²) in [4.78, 5) is 12.1. The number of methoxy groups -OCH3 is 1. The molecule has 0 aliphatic carbocycles. The van der Waals surface area contributed by atoms with E-state index in [-0.39, 0.29) is 19.1 Å². The first kappa shape index (κ1) is 21.7. The van der Waals surface area contributed by atoms with Crippen molar-refractivity contribution in [2.45, 2.75) is 13.5 Å². The number of anilines is 1. The van der Waals surface area contributed by atoms with E-state index in [0.29, 0.717) is 37.8 Å². The Hall–Kier alpha value is -2.61. The van der Waals surface area contributed by atoms with Crippen LogP contribution in [0.5, 0.6) is 11.5 Å². The number of carbonyl (C=O) groups excluding carboxylic acids is 1. The molecule has 1 amide bonds. The molecule has 0 aliphatic rings. The van der Waals surface area contributed by atoms with Crippen molar-refractivity contribution in [3.63, 3.8) is 0 Å². The van der Waals surface area contributed by atoms with Gasteiger partial charge in [-0.3, -0.25) is 4.79 Å². The summed E-state index contributed by atoms with van der Waals surface area (Å²) in [7, 11) is 1.56. The Morgan fingerprint density at radius 1 is 1.07 bits per heavy atom. The highest BCUT2D eigenvalue weighted by atomic mass is 16.5. The summed E-state index contributed by atoms with van der Waals surface area (Å²) in [5.41, 5.74) is 2.89. The van der Waals surface area contributed by atoms with Crippen LogP contribution in [-0.2, 0) is 16.1 Å². The fraction of sp³-hybridized carbons (Fsp3) is 0.381. The summed E-state index contributed by atoms with van der Waals surface area (Å²) < 4.78 is 16.2. The molecular weight excluding hydrogens is 360 g/mol. The quantitative estimate of drug-likeness (QED) is 0.483. The van der Waals surface area contributed by atoms with Crippen LogP contribution in [0.15, 0.2) is 42.5 Å². The summed E-state index contributed by atoms with van der Waals surface area (Å²) in [6.45, 7) is 4.12. The van der Waals surface area contributed by atoms with E-state index in [4.69, 9.17) is 19.3 Å². The normalized spacial score (nSPS) is 10.5. The lowest BCUT2D eigenvalue weighted by Gasteiger charge is -2.13. The molecule has 0 fully saturated rings. The van der Waals surface area contributed by atoms with E-state index in [9.17, 15) is 4.79 Å². The number of benzene rings is 2. The van der Waals surface area contributed by atoms with Gasteiger partial charge in [0.05, 0.1) is 26.9 Å². The first-order chi connectivity index (χ1) is 13.6. The van der Waals surface area contributed by atoms with E-state index >= 15 is 0 Å². The predicted molar refractivity (Wildman–Crippen MR) is 108 cm³/mol. The maximum absolute atomic E-state index is 12.1. The van der Waals surface area contributed by atoms with Crippen molar-refractivity contribution in [1.82, 2.24) is 5.32 Å². The molecule has 0 radical (unpaired) electrons. The highest BCUT2D eigenvalue weighted by molar-refractivity contribution is 5.91. The monoisotopic (exact) mass is 388 g/mol. The van der Waals surface area contributed by atoms with Gasteiger partial charge < -0.3 is 30.0 Å². The minimum Gasteiger partial charge on any atom is -0.493 e. The molecule has 0 heterocycles. The van der Waals surface area contributed by atoms with Gasteiger partial charge in [-0.25, -0.2) is 0 Å². The van der Waals surface area contributed by atoms with Crippen molar-refractivity contribution in [3.05, 3.63) is 53.6 Å². The molecule has 28 heavy (non-hydrogen) atoms. The Morgan fingerprint density at radius 2 is 1.86 bits per heavy atom. The number of rotatable bonds is 12. The SMILES string of the molecule is COc1cc(CNCCOCCO)ccc1OCC(=O)Nc1ccc(C)cc1. The van der Waals surface area contributed by atoms with Crippen LogP contribution in [0.25, 0.3) is 0 Å². The standard InChI is InChI=1S/C21H28N2O5/c1-16-3-6-18(7-4-16)23-21(25)15-28-19-8-5-17(13-20(19)26-2)14-22-9-11-27-12-10-24/h3-8,13,22,24H,9-12,14-15H2,1-2H3,(H,23,25). The second-order valence-corrected chi connectivity index (χ2v) is 6.20. The maximum atomic E-state index is 12.1. The van der Waals surface area contributed by atoms with Crippen LogP contribution in [0.3, 0.4) is 0 Å². The molecule has 0 aliphatic heterocycles. The van der Waals surface area contributed by atoms with Gasteiger partial charge in [0, 0.05) is 18.8 Å². The summed E-state index contributed by atoms with van der Waals surface area (Å²) in [5.74, 6) is 0.843. The summed E-state index contributed by atoms with van der Waals surface area (Å²) >= 11 is 0. The second-order valence-electron chi connectivity index (χ2n) is 6.20. The third kappa shape index (κ3) is 7.56. The molecule has 0 bridgehead atoms. The van der Waals surface area contributed by atoms with E-state index in [1.807, 2.05) is 43.3 Å². The average molecular weight is 388 g/mol. The van der Waals surface area contributed by atoms with Gasteiger partial charge in [-0.15, -0.1) is 0 Å². The van der Waals surface area contributed by atoms with Crippen LogP contribution in [0.1, 0.15) is 11.1 Å². The Bertz CT molecular complexity index is 734. The molecule has 3 N–H and O–H groups in total. The zero-order chi connectivity index (χ0) is 20.2. The van der Waals surface area contributed by atoms with Crippen LogP contribution in [0.4, 0.5) is 5.69 Å². The lowest BCUT2D eigenvalue weighted by atomic mass is 10.2. The van der Waals surface area contributed by atoms with Crippen molar-refractivity contribution >= 4 is 11.6 Å². The average Bonchev–Trinajstić information content (AvgIpc) is 2.71. The van der Waals surface area contributed by atoms with Crippen LogP contribution in [0.2, 0.25) is 0 Å². The van der Waals surface area contributed by atoms with Gasteiger partial charge in [-0.1, -0.05) is 23.8 Å². The van der Waals surface area contributed by atoms with Crippen LogP contribution >= 0.6 is 0 Å². The molecule has 0 aromatic heterocycles. The highest BCUT2D eigenvalue weighted by Crippen LogP contribution is 2.28. The number of ether oxygens (including phenoxy) is 3. The number of hydrogen-bond donors (Lipinski definition) is 3. The number of aliphatic hydroxyl groups is 1. The number of amides is 1. The summed E-state index contributed by atoms with van der Waals surface area (Å²) in [6.07, 6.45) is 0. The molecular formula is C21H28N2O5. The smallest absolute Gasteiger partial charge is 0.262 e. The molecule has 7 heteroatoms. The molecule has 152 valence electrons. The molecule has 2 aromatic carbocycles. The van der Waals surface area contributed by atoms with Gasteiger partial charge in [0.15, 0.2) is 18.1 Å². The Morgan fingerprint density at radius 3 is 2.57 bits per heavy atom. The van der Waals surface area contributed by atoms with Crippen molar-refractivity contribution in [3.8, 4) is 11.5 Å². The Balaban J connectivity index is 1.80. The zero-order valence-electron chi connectivity index (χ0n) is 16.4. The fourth-order valence-electron chi connectivity index (χ4n) is 2.46. The minimum atomic E-state index is -0.237. The number of hydrogen-bond acceptors (Lipinski definition) is 6. The molecule has 2 rings (SSSR count). The fourth-order valence-corrected chi connectivity index (χ4v) is 2.46. The van der Waals surface area contributed by atoms with E-state index in [2.05, 4.69) is 10.6 Å². The first-order valence-corrected chi connectivity index (χ1v) is 9.18. The molecule has 2 aromatic rings. The molecule has 7 nitrogen and oxygen atoms in total. The number of carbonyl (C=O) groups is 1. The van der Waals surface area contributed by atoms with Gasteiger partial charge in [-0.2, -0.15) is 0 Å². The topological polar surface area (TPSA) is 89.1 Å². The van der Waals surface area contributed by atoms with Crippen molar-refractivity contribution in [1.29, 1.82) is 0 Å². The molecule has 0 atom stereocenters. The first-order valence-electron chi connectivity index (χ1n) is 9.18. The lowest BCUT2D eigenvalue weighted by molar-refractivity contribution is -0.118. The minimum absolute atomic E-state index is 0.0295. The third-order valence-electron chi connectivity index (χ3n) is 3.91. The van der Waals surface area contributed by atoms with Gasteiger partial charge in [0.25, 0.3) is 5.91 Å². The van der Waals surface area contributed by atoms with Crippen LogP contribution in [-0.4, -0.2) is 51.1 Å². The van der Waals surface area contributed by atoms with Gasteiger partial charge in [0.1, 0.15) is 0 Å². The van der Waals surface area contributed by atoms with Gasteiger partial charge in [0.2, 0.25) is 0 Å². The highest BCUT2D eigenvalue weighted by Gasteiger charge is 2.09. The predicted octanol–water partition coefficient (Wildman–Crippen LogP) is 2.12. The van der Waals surface area contributed by atoms with E-state index in [0.717, 1.165) is 16.8 Å². The van der Waals surface area contributed by atoms with E-state index in [1.165, 1.54) is 0 Å². The largest absolute Gasteiger partial charge is 0.493 e. The van der Waals surface area contributed by atoms with Gasteiger partial charge in [-0.05, 0) is 36.8 Å². The second kappa shape index (κ2) is 12.0. The van der Waals surface area contributed by atoms with E-state index < -0.39 is 0 Å². The molecule has 0 spiro atoms. The third-order valence-corrected chi connectivity index (χ3v) is 3.91. The van der Waals surface area contributed by atoms with Gasteiger partial charge >= 0.3 is 0 Å². The number of aliphatic hydroxyl groups excluding tert-OH is 1. The molecule has 0 saturated heterocycles. The summed E-state index contributed by atoms with van der Waals surface area (Å²) in [5, 5.41) is 14.7. The number of aryl methyl sites for hydroxylation is 1. The zero-order valence-corrected chi connectivity index (χ0v) is 16.4. The lowest BCUT2D eigenvalue weighted by Crippen LogP contribution is -2.21. The summed E-state index contributed by atoms with van der Waals surface area (Å²) in [6, 6.07) is 13.1. The Kier molecular flexibility index (Phi) is 9.27. The maximum Gasteiger partial charge on any atom is 0.262 e. The molecule has 0 saturated carbocycles. The van der Waals surface area contributed by atoms with Crippen molar-refractivity contribution in [2.24, 2.45) is 0 Å². The molecule has 0 unspecified atom stereocenters.